The number of sulfonamides is 1. The van der Waals surface area contributed by atoms with Crippen molar-refractivity contribution in [2.75, 3.05) is 13.1 Å². The Balaban J connectivity index is 3.42. The lowest BCUT2D eigenvalue weighted by Crippen LogP contribution is -2.41. The molecule has 0 aliphatic rings. The minimum absolute atomic E-state index is 0.214. The quantitative estimate of drug-likeness (QED) is 0.720. The summed E-state index contributed by atoms with van der Waals surface area (Å²) < 4.78 is 25.7. The molecule has 0 bridgehead atoms. The zero-order valence-electron chi connectivity index (χ0n) is 10.2. The van der Waals surface area contributed by atoms with Crippen LogP contribution in [0.2, 0.25) is 10.0 Å². The highest BCUT2D eigenvalue weighted by Crippen LogP contribution is 2.34. The minimum atomic E-state index is -4.40. The summed E-state index contributed by atoms with van der Waals surface area (Å²) in [6.07, 6.45) is 0. The lowest BCUT2D eigenvalue weighted by molar-refractivity contribution is -0.137. The van der Waals surface area contributed by atoms with Gasteiger partial charge in [0, 0.05) is 4.47 Å². The fourth-order valence-electron chi connectivity index (χ4n) is 1.46. The number of carbonyl (C=O) groups is 2. The first kappa shape index (κ1) is 18.2. The van der Waals surface area contributed by atoms with Gasteiger partial charge in [-0.15, -0.1) is 0 Å². The summed E-state index contributed by atoms with van der Waals surface area (Å²) in [6.45, 7) is -1.76. The zero-order valence-corrected chi connectivity index (χ0v) is 14.1. The van der Waals surface area contributed by atoms with Crippen molar-refractivity contribution in [1.82, 2.24) is 4.31 Å². The molecule has 0 unspecified atom stereocenters. The van der Waals surface area contributed by atoms with E-state index in [1.54, 1.807) is 0 Å². The smallest absolute Gasteiger partial charge is 0.318 e. The van der Waals surface area contributed by atoms with E-state index in [0.29, 0.717) is 8.78 Å². The molecule has 7 nitrogen and oxygen atoms in total. The molecule has 1 aromatic rings. The molecule has 0 aliphatic heterocycles. The van der Waals surface area contributed by atoms with E-state index in [9.17, 15) is 18.0 Å². The Labute approximate surface area is 138 Å². The molecule has 0 saturated carbocycles. The average Bonchev–Trinajstić information content (AvgIpc) is 2.24. The predicted octanol–water partition coefficient (Wildman–Crippen LogP) is 1.32. The van der Waals surface area contributed by atoms with Crippen LogP contribution in [0, 0.1) is 0 Å². The van der Waals surface area contributed by atoms with Gasteiger partial charge >= 0.3 is 5.97 Å². The molecule has 0 aromatic heterocycles. The van der Waals surface area contributed by atoms with Crippen LogP contribution in [0.4, 0.5) is 0 Å². The van der Waals surface area contributed by atoms with Gasteiger partial charge in [0.2, 0.25) is 15.9 Å². The predicted molar refractivity (Wildman–Crippen MR) is 79.8 cm³/mol. The van der Waals surface area contributed by atoms with E-state index in [-0.39, 0.29) is 10.0 Å². The summed E-state index contributed by atoms with van der Waals surface area (Å²) in [5, 5.41) is 8.33. The Hall–Kier alpha value is -0.870. The number of amides is 1. The van der Waals surface area contributed by atoms with Gasteiger partial charge in [0.15, 0.2) is 0 Å². The maximum Gasteiger partial charge on any atom is 0.318 e. The normalized spacial score (nSPS) is 11.6. The number of aliphatic carboxylic acids is 1. The molecule has 0 radical (unpaired) electrons. The number of nitrogens with zero attached hydrogens (tertiary/aromatic N) is 1. The Morgan fingerprint density at radius 3 is 2.10 bits per heavy atom. The highest BCUT2D eigenvalue weighted by atomic mass is 79.9. The number of carboxylic acid groups (broad SMARTS) is 1. The van der Waals surface area contributed by atoms with Gasteiger partial charge in [0.1, 0.15) is 11.4 Å². The number of benzene rings is 1. The second-order valence-electron chi connectivity index (χ2n) is 3.83. The van der Waals surface area contributed by atoms with Gasteiger partial charge in [-0.1, -0.05) is 39.1 Å². The number of rotatable bonds is 6. The summed E-state index contributed by atoms with van der Waals surface area (Å²) in [4.78, 5) is 21.2. The van der Waals surface area contributed by atoms with Crippen LogP contribution in [-0.2, 0) is 19.6 Å². The van der Waals surface area contributed by atoms with E-state index < -0.39 is 39.9 Å². The number of carboxylic acids is 1. The van der Waals surface area contributed by atoms with Crippen LogP contribution in [0.15, 0.2) is 21.5 Å². The minimum Gasteiger partial charge on any atom is -0.480 e. The first-order chi connectivity index (χ1) is 9.55. The summed E-state index contributed by atoms with van der Waals surface area (Å²) in [7, 11) is -4.40. The van der Waals surface area contributed by atoms with Crippen LogP contribution in [0.1, 0.15) is 0 Å². The van der Waals surface area contributed by atoms with Crippen LogP contribution in [-0.4, -0.2) is 42.8 Å². The highest BCUT2D eigenvalue weighted by Gasteiger charge is 2.32. The van der Waals surface area contributed by atoms with Gasteiger partial charge in [-0.2, -0.15) is 4.31 Å². The number of hydrogen-bond acceptors (Lipinski definition) is 4. The molecular weight excluding hydrogens is 411 g/mol. The van der Waals surface area contributed by atoms with E-state index in [1.165, 1.54) is 12.1 Å². The summed E-state index contributed by atoms with van der Waals surface area (Å²) in [5.74, 6) is -2.46. The van der Waals surface area contributed by atoms with Crippen molar-refractivity contribution in [3.05, 3.63) is 26.7 Å². The number of carbonyl (C=O) groups excluding carboxylic acids is 1. The third kappa shape index (κ3) is 4.55. The Kier molecular flexibility index (Phi) is 6.00. The van der Waals surface area contributed by atoms with Crippen molar-refractivity contribution >= 4 is 61.0 Å². The molecule has 1 aromatic carbocycles. The lowest BCUT2D eigenvalue weighted by atomic mass is 10.4. The second-order valence-corrected chi connectivity index (χ2v) is 7.44. The molecule has 116 valence electrons. The molecular formula is C10H9BrCl2N2O5S. The monoisotopic (exact) mass is 418 g/mol. The maximum atomic E-state index is 12.4. The maximum absolute atomic E-state index is 12.4. The van der Waals surface area contributed by atoms with Gasteiger partial charge in [0.25, 0.3) is 0 Å². The molecule has 0 aliphatic carbocycles. The van der Waals surface area contributed by atoms with Crippen molar-refractivity contribution < 1.29 is 23.1 Å². The molecule has 0 fully saturated rings. The van der Waals surface area contributed by atoms with Crippen LogP contribution in [0.5, 0.6) is 0 Å². The molecule has 0 atom stereocenters. The van der Waals surface area contributed by atoms with E-state index in [0.717, 1.165) is 0 Å². The molecule has 3 N–H and O–H groups in total. The standard InChI is InChI=1S/C10H9BrCl2N2O5S/c11-5-1-6(12)10(7(13)2-5)21(19,20)15(3-8(14)16)4-9(17)18/h1-2H,3-4H2,(H2,14,16)(H,17,18). The highest BCUT2D eigenvalue weighted by molar-refractivity contribution is 9.10. The summed E-state index contributed by atoms with van der Waals surface area (Å²) >= 11 is 14.8. The van der Waals surface area contributed by atoms with Gasteiger partial charge in [-0.3, -0.25) is 9.59 Å². The first-order valence-corrected chi connectivity index (χ1v) is 8.19. The number of nitrogens with two attached hydrogens (primary N) is 1. The molecule has 0 spiro atoms. The molecule has 21 heavy (non-hydrogen) atoms. The van der Waals surface area contributed by atoms with E-state index in [2.05, 4.69) is 15.9 Å². The van der Waals surface area contributed by atoms with Gasteiger partial charge in [-0.25, -0.2) is 8.42 Å². The van der Waals surface area contributed by atoms with Crippen molar-refractivity contribution in [2.45, 2.75) is 4.90 Å². The SMILES string of the molecule is NC(=O)CN(CC(=O)O)S(=O)(=O)c1c(Cl)cc(Br)cc1Cl. The van der Waals surface area contributed by atoms with Gasteiger partial charge in [-0.05, 0) is 12.1 Å². The molecule has 0 heterocycles. The number of hydrogen-bond donors (Lipinski definition) is 2. The first-order valence-electron chi connectivity index (χ1n) is 5.20. The van der Waals surface area contributed by atoms with E-state index in [1.807, 2.05) is 0 Å². The van der Waals surface area contributed by atoms with Crippen molar-refractivity contribution in [3.8, 4) is 0 Å². The third-order valence-corrected chi connectivity index (χ3v) is 5.38. The topological polar surface area (TPSA) is 118 Å². The Morgan fingerprint density at radius 2 is 1.71 bits per heavy atom. The van der Waals surface area contributed by atoms with Crippen LogP contribution < -0.4 is 5.73 Å². The largest absolute Gasteiger partial charge is 0.480 e. The van der Waals surface area contributed by atoms with Crippen molar-refractivity contribution in [1.29, 1.82) is 0 Å². The fraction of sp³-hybridized carbons (Fsp3) is 0.200. The average molecular weight is 420 g/mol. The van der Waals surface area contributed by atoms with Gasteiger partial charge in [0.05, 0.1) is 16.6 Å². The van der Waals surface area contributed by atoms with Crippen LogP contribution in [0.3, 0.4) is 0 Å². The molecule has 1 amide bonds. The second kappa shape index (κ2) is 6.93. The van der Waals surface area contributed by atoms with Crippen LogP contribution >= 0.6 is 39.1 Å². The molecule has 1 rings (SSSR count). The Bertz CT molecular complexity index is 656. The molecule has 0 saturated heterocycles. The van der Waals surface area contributed by atoms with Gasteiger partial charge < -0.3 is 10.8 Å². The van der Waals surface area contributed by atoms with Crippen LogP contribution in [0.25, 0.3) is 0 Å². The third-order valence-electron chi connectivity index (χ3n) is 2.20. The lowest BCUT2D eigenvalue weighted by Gasteiger charge is -2.20. The summed E-state index contributed by atoms with van der Waals surface area (Å²) in [5.41, 5.74) is 4.93. The number of primary amides is 1. The fourth-order valence-corrected chi connectivity index (χ4v) is 4.70. The van der Waals surface area contributed by atoms with E-state index >= 15 is 0 Å². The van der Waals surface area contributed by atoms with Crippen molar-refractivity contribution in [3.63, 3.8) is 0 Å². The van der Waals surface area contributed by atoms with E-state index in [4.69, 9.17) is 34.0 Å². The number of halogens is 3. The van der Waals surface area contributed by atoms with Crippen molar-refractivity contribution in [2.24, 2.45) is 5.73 Å². The Morgan fingerprint density at radius 1 is 1.24 bits per heavy atom. The zero-order chi connectivity index (χ0) is 16.4. The molecule has 11 heteroatoms. The summed E-state index contributed by atoms with van der Waals surface area (Å²) in [6, 6.07) is 2.56.